The minimum Gasteiger partial charge on any atom is -0.357 e. The molecule has 4 nitrogen and oxygen atoms in total. The fourth-order valence-electron chi connectivity index (χ4n) is 2.80. The van der Waals surface area contributed by atoms with Gasteiger partial charge in [-0.1, -0.05) is 0 Å². The fourth-order valence-corrected chi connectivity index (χ4v) is 2.80. The molecule has 1 unspecified atom stereocenters. The third-order valence-corrected chi connectivity index (χ3v) is 3.75. The van der Waals surface area contributed by atoms with Gasteiger partial charge in [0.25, 0.3) is 0 Å². The number of rotatable bonds is 2. The van der Waals surface area contributed by atoms with Crippen LogP contribution in [-0.4, -0.2) is 36.1 Å². The van der Waals surface area contributed by atoms with Crippen molar-refractivity contribution in [2.75, 3.05) is 31.1 Å². The van der Waals surface area contributed by atoms with E-state index in [2.05, 4.69) is 26.3 Å². The van der Waals surface area contributed by atoms with Crippen molar-refractivity contribution in [3.8, 4) is 0 Å². The molecule has 0 bridgehead atoms. The number of nitrogens with zero attached hydrogens (tertiary/aromatic N) is 3. The van der Waals surface area contributed by atoms with E-state index in [1.165, 1.54) is 25.0 Å². The molecule has 1 aromatic rings. The van der Waals surface area contributed by atoms with Gasteiger partial charge in [-0.15, -0.1) is 0 Å². The monoisotopic (exact) mass is 232 g/mol. The van der Waals surface area contributed by atoms with Crippen LogP contribution in [-0.2, 0) is 0 Å². The second-order valence-corrected chi connectivity index (χ2v) is 5.08. The Morgan fingerprint density at radius 3 is 2.82 bits per heavy atom. The van der Waals surface area contributed by atoms with Gasteiger partial charge in [0.05, 0.1) is 5.69 Å². The van der Waals surface area contributed by atoms with Crippen LogP contribution in [0.2, 0.25) is 0 Å². The molecule has 2 fully saturated rings. The third-order valence-electron chi connectivity index (χ3n) is 3.75. The molecule has 3 heterocycles. The van der Waals surface area contributed by atoms with Gasteiger partial charge in [-0.2, -0.15) is 0 Å². The summed E-state index contributed by atoms with van der Waals surface area (Å²) in [6, 6.07) is 2.20. The highest BCUT2D eigenvalue weighted by Crippen LogP contribution is 2.25. The first-order valence-corrected chi connectivity index (χ1v) is 6.64. The molecular formula is C13H20N4. The number of hydrogen-bond acceptors (Lipinski definition) is 4. The van der Waals surface area contributed by atoms with E-state index in [4.69, 9.17) is 0 Å². The summed E-state index contributed by atoms with van der Waals surface area (Å²) in [6.07, 6.45) is 3.79. The topological polar surface area (TPSA) is 41.1 Å². The first-order valence-electron chi connectivity index (χ1n) is 6.64. The average Bonchev–Trinajstić information content (AvgIpc) is 3.02. The van der Waals surface area contributed by atoms with Gasteiger partial charge in [0.1, 0.15) is 11.6 Å². The van der Waals surface area contributed by atoms with Crippen molar-refractivity contribution in [2.45, 2.75) is 32.1 Å². The lowest BCUT2D eigenvalue weighted by Crippen LogP contribution is -2.20. The van der Waals surface area contributed by atoms with Gasteiger partial charge in [-0.25, -0.2) is 9.97 Å². The van der Waals surface area contributed by atoms with E-state index in [9.17, 15) is 0 Å². The van der Waals surface area contributed by atoms with Crippen LogP contribution in [0.25, 0.3) is 0 Å². The summed E-state index contributed by atoms with van der Waals surface area (Å²) in [4.78, 5) is 11.6. The molecule has 0 amide bonds. The van der Waals surface area contributed by atoms with Crippen molar-refractivity contribution >= 4 is 5.82 Å². The summed E-state index contributed by atoms with van der Waals surface area (Å²) in [5, 5.41) is 3.41. The molecule has 1 atom stereocenters. The minimum atomic E-state index is 0.582. The van der Waals surface area contributed by atoms with Gasteiger partial charge in [-0.05, 0) is 32.7 Å². The van der Waals surface area contributed by atoms with E-state index in [0.29, 0.717) is 5.92 Å². The standard InChI is InChI=1S/C13H20N4/c1-10-15-12(11-4-5-14-9-11)8-13(16-10)17-6-2-3-7-17/h8,11,14H,2-7,9H2,1H3. The van der Waals surface area contributed by atoms with Crippen molar-refractivity contribution in [3.05, 3.63) is 17.6 Å². The predicted octanol–water partition coefficient (Wildman–Crippen LogP) is 1.46. The Balaban J connectivity index is 1.88. The number of nitrogens with one attached hydrogen (secondary N) is 1. The highest BCUT2D eigenvalue weighted by atomic mass is 15.2. The van der Waals surface area contributed by atoms with Crippen molar-refractivity contribution < 1.29 is 0 Å². The first-order chi connectivity index (χ1) is 8.33. The third kappa shape index (κ3) is 2.27. The molecule has 2 aliphatic heterocycles. The molecule has 4 heteroatoms. The van der Waals surface area contributed by atoms with Gasteiger partial charge in [-0.3, -0.25) is 0 Å². The Morgan fingerprint density at radius 2 is 2.12 bits per heavy atom. The van der Waals surface area contributed by atoms with Crippen molar-refractivity contribution in [1.29, 1.82) is 0 Å². The zero-order valence-electron chi connectivity index (χ0n) is 10.4. The molecule has 0 aliphatic carbocycles. The van der Waals surface area contributed by atoms with Crippen molar-refractivity contribution in [1.82, 2.24) is 15.3 Å². The van der Waals surface area contributed by atoms with Gasteiger partial charge in [0, 0.05) is 31.6 Å². The molecule has 0 spiro atoms. The van der Waals surface area contributed by atoms with E-state index >= 15 is 0 Å². The summed E-state index contributed by atoms with van der Waals surface area (Å²) in [5.74, 6) is 2.63. The normalized spacial score (nSPS) is 24.5. The highest BCUT2D eigenvalue weighted by Gasteiger charge is 2.21. The second kappa shape index (κ2) is 4.61. The van der Waals surface area contributed by atoms with Crippen LogP contribution in [0, 0.1) is 6.92 Å². The highest BCUT2D eigenvalue weighted by molar-refractivity contribution is 5.41. The fraction of sp³-hybridized carbons (Fsp3) is 0.692. The number of anilines is 1. The molecule has 1 aromatic heterocycles. The molecule has 2 aliphatic rings. The Labute approximate surface area is 102 Å². The smallest absolute Gasteiger partial charge is 0.132 e. The van der Waals surface area contributed by atoms with Crippen LogP contribution in [0.4, 0.5) is 5.82 Å². The maximum atomic E-state index is 4.61. The zero-order chi connectivity index (χ0) is 11.7. The van der Waals surface area contributed by atoms with Gasteiger partial charge in [0.15, 0.2) is 0 Å². The van der Waals surface area contributed by atoms with Crippen LogP contribution in [0.15, 0.2) is 6.07 Å². The maximum Gasteiger partial charge on any atom is 0.132 e. The Bertz CT molecular complexity index is 358. The van der Waals surface area contributed by atoms with Crippen LogP contribution < -0.4 is 10.2 Å². The van der Waals surface area contributed by atoms with Gasteiger partial charge in [0.2, 0.25) is 0 Å². The molecule has 2 saturated heterocycles. The summed E-state index contributed by atoms with van der Waals surface area (Å²) < 4.78 is 0. The Kier molecular flexibility index (Phi) is 2.97. The summed E-state index contributed by atoms with van der Waals surface area (Å²) in [7, 11) is 0. The van der Waals surface area contributed by atoms with Crippen molar-refractivity contribution in [3.63, 3.8) is 0 Å². The quantitative estimate of drug-likeness (QED) is 0.838. The van der Waals surface area contributed by atoms with E-state index in [1.54, 1.807) is 0 Å². The SMILES string of the molecule is Cc1nc(C2CCNC2)cc(N2CCCC2)n1. The maximum absolute atomic E-state index is 4.61. The lowest BCUT2D eigenvalue weighted by molar-refractivity contribution is 0.721. The number of hydrogen-bond donors (Lipinski definition) is 1. The second-order valence-electron chi connectivity index (χ2n) is 5.08. The van der Waals surface area contributed by atoms with Crippen LogP contribution in [0.3, 0.4) is 0 Å². The number of aromatic nitrogens is 2. The van der Waals surface area contributed by atoms with E-state index in [0.717, 1.165) is 37.8 Å². The van der Waals surface area contributed by atoms with Crippen LogP contribution >= 0.6 is 0 Å². The zero-order valence-corrected chi connectivity index (χ0v) is 10.4. The van der Waals surface area contributed by atoms with Crippen LogP contribution in [0.5, 0.6) is 0 Å². The first kappa shape index (κ1) is 11.0. The predicted molar refractivity (Wildman–Crippen MR) is 68.4 cm³/mol. The Morgan fingerprint density at radius 1 is 1.29 bits per heavy atom. The van der Waals surface area contributed by atoms with E-state index in [1.807, 2.05) is 6.92 Å². The number of aryl methyl sites for hydroxylation is 1. The lowest BCUT2D eigenvalue weighted by atomic mass is 10.0. The summed E-state index contributed by atoms with van der Waals surface area (Å²) >= 11 is 0. The molecule has 3 rings (SSSR count). The largest absolute Gasteiger partial charge is 0.357 e. The molecule has 1 N–H and O–H groups in total. The lowest BCUT2D eigenvalue weighted by Gasteiger charge is -2.18. The average molecular weight is 232 g/mol. The summed E-state index contributed by atoms with van der Waals surface area (Å²) in [5.41, 5.74) is 1.23. The molecule has 17 heavy (non-hydrogen) atoms. The van der Waals surface area contributed by atoms with Crippen LogP contribution in [0.1, 0.15) is 36.7 Å². The molecule has 0 radical (unpaired) electrons. The molecular weight excluding hydrogens is 212 g/mol. The molecule has 0 saturated carbocycles. The van der Waals surface area contributed by atoms with Crippen molar-refractivity contribution in [2.24, 2.45) is 0 Å². The minimum absolute atomic E-state index is 0.582. The van der Waals surface area contributed by atoms with E-state index in [-0.39, 0.29) is 0 Å². The summed E-state index contributed by atoms with van der Waals surface area (Å²) in [6.45, 7) is 6.49. The van der Waals surface area contributed by atoms with E-state index < -0.39 is 0 Å². The Hall–Kier alpha value is -1.16. The van der Waals surface area contributed by atoms with Gasteiger partial charge >= 0.3 is 0 Å². The van der Waals surface area contributed by atoms with Gasteiger partial charge < -0.3 is 10.2 Å². The molecule has 0 aromatic carbocycles. The molecule has 92 valence electrons.